The van der Waals surface area contributed by atoms with Gasteiger partial charge in [-0.25, -0.2) is 0 Å². The zero-order valence-electron chi connectivity index (χ0n) is 14.0. The summed E-state index contributed by atoms with van der Waals surface area (Å²) in [5.41, 5.74) is 7.66. The van der Waals surface area contributed by atoms with Crippen LogP contribution in [0.15, 0.2) is 6.07 Å². The minimum Gasteiger partial charge on any atom is -0.492 e. The van der Waals surface area contributed by atoms with Gasteiger partial charge in [0.05, 0.1) is 47.6 Å². The molecule has 0 radical (unpaired) electrons. The molecule has 1 aromatic carbocycles. The van der Waals surface area contributed by atoms with Crippen molar-refractivity contribution in [3.8, 4) is 11.8 Å². The third kappa shape index (κ3) is 3.52. The number of nitrogens with zero attached hydrogens (tertiary/aromatic N) is 2. The lowest BCUT2D eigenvalue weighted by atomic mass is 10.00. The quantitative estimate of drug-likeness (QED) is 0.615. The van der Waals surface area contributed by atoms with Gasteiger partial charge in [0.2, 0.25) is 0 Å². The monoisotopic (exact) mass is 364 g/mol. The Morgan fingerprint density at radius 3 is 3.16 bits per heavy atom. The van der Waals surface area contributed by atoms with Gasteiger partial charge in [0, 0.05) is 32.2 Å². The highest BCUT2D eigenvalue weighted by Gasteiger charge is 2.32. The molecule has 0 saturated carbocycles. The Bertz CT molecular complexity index is 719. The highest BCUT2D eigenvalue weighted by atomic mass is 35.5. The summed E-state index contributed by atoms with van der Waals surface area (Å²) in [5.74, 6) is 0.274. The number of anilines is 1. The van der Waals surface area contributed by atoms with Crippen LogP contribution in [0.1, 0.15) is 22.3 Å². The zero-order chi connectivity index (χ0) is 18.0. The Balaban J connectivity index is 1.76. The third-order valence-corrected chi connectivity index (χ3v) is 5.08. The van der Waals surface area contributed by atoms with Crippen molar-refractivity contribution in [3.05, 3.63) is 22.2 Å². The fourth-order valence-corrected chi connectivity index (χ4v) is 3.63. The van der Waals surface area contributed by atoms with Gasteiger partial charge < -0.3 is 20.5 Å². The van der Waals surface area contributed by atoms with Crippen LogP contribution in [-0.2, 0) is 11.2 Å². The molecule has 0 aromatic heterocycles. The molecule has 0 bridgehead atoms. The molecule has 7 nitrogen and oxygen atoms in total. The van der Waals surface area contributed by atoms with Crippen LogP contribution in [0.3, 0.4) is 0 Å². The van der Waals surface area contributed by atoms with Gasteiger partial charge in [0.1, 0.15) is 5.75 Å². The van der Waals surface area contributed by atoms with Crippen LogP contribution < -0.4 is 15.8 Å². The lowest BCUT2D eigenvalue weighted by molar-refractivity contribution is 0.0103. The molecule has 1 saturated heterocycles. The normalized spacial score (nSPS) is 22.8. The molecule has 3 rings (SSSR count). The number of amides is 1. The molecule has 2 aliphatic rings. The molecular formula is C17H21ClN4O3. The van der Waals surface area contributed by atoms with Gasteiger partial charge >= 0.3 is 0 Å². The molecule has 2 unspecified atom stereocenters. The maximum atomic E-state index is 12.8. The van der Waals surface area contributed by atoms with Crippen molar-refractivity contribution >= 4 is 23.2 Å². The predicted octanol–water partition coefficient (Wildman–Crippen LogP) is 1.20. The molecule has 2 aliphatic heterocycles. The molecule has 2 atom stereocenters. The minimum absolute atomic E-state index is 0.138. The van der Waals surface area contributed by atoms with Crippen molar-refractivity contribution < 1.29 is 14.3 Å². The van der Waals surface area contributed by atoms with Crippen LogP contribution in [-0.4, -0.2) is 56.3 Å². The smallest absolute Gasteiger partial charge is 0.255 e. The number of hydrogen-bond acceptors (Lipinski definition) is 6. The number of benzene rings is 1. The van der Waals surface area contributed by atoms with Crippen molar-refractivity contribution in [1.29, 1.82) is 5.26 Å². The Morgan fingerprint density at radius 2 is 2.44 bits per heavy atom. The average molecular weight is 365 g/mol. The summed E-state index contributed by atoms with van der Waals surface area (Å²) in [5, 5.41) is 12.2. The molecule has 3 N–H and O–H groups in total. The predicted molar refractivity (Wildman–Crippen MR) is 93.8 cm³/mol. The lowest BCUT2D eigenvalue weighted by Gasteiger charge is -2.37. The molecule has 1 fully saturated rings. The number of nitrogens with two attached hydrogens (primary N) is 1. The first-order valence-electron chi connectivity index (χ1n) is 8.21. The lowest BCUT2D eigenvalue weighted by Crippen LogP contribution is -2.54. The Hall–Kier alpha value is -2.01. The topological polar surface area (TPSA) is 101 Å². The Morgan fingerprint density at radius 1 is 1.64 bits per heavy atom. The van der Waals surface area contributed by atoms with Crippen LogP contribution in [0.2, 0.25) is 5.02 Å². The van der Waals surface area contributed by atoms with Crippen LogP contribution in [0.5, 0.6) is 5.75 Å². The number of ether oxygens (including phenoxy) is 2. The summed E-state index contributed by atoms with van der Waals surface area (Å²) < 4.78 is 11.1. The van der Waals surface area contributed by atoms with Gasteiger partial charge in [-0.2, -0.15) is 5.26 Å². The van der Waals surface area contributed by atoms with Crippen LogP contribution >= 0.6 is 11.6 Å². The maximum absolute atomic E-state index is 12.8. The summed E-state index contributed by atoms with van der Waals surface area (Å²) in [6.07, 6.45) is 1.18. The van der Waals surface area contributed by atoms with E-state index in [1.165, 1.54) is 0 Å². The number of methoxy groups -OCH3 is 1. The standard InChI is InChI=1S/C17H21ClN4O3/c1-24-14-9-22(6-4-19)5-2-13(14)21-17(23)11-8-12(18)15(20)10-3-7-25-16(10)11/h8,13-14H,2-3,5-7,9,20H2,1H3,(H,21,23). The molecule has 8 heteroatoms. The molecule has 0 aliphatic carbocycles. The number of piperidine rings is 1. The number of hydrogen-bond donors (Lipinski definition) is 2. The fraction of sp³-hybridized carbons (Fsp3) is 0.529. The van der Waals surface area contributed by atoms with Gasteiger partial charge in [-0.05, 0) is 12.5 Å². The van der Waals surface area contributed by atoms with Crippen molar-refractivity contribution in [1.82, 2.24) is 10.2 Å². The number of halogens is 1. The number of carbonyl (C=O) groups excluding carboxylic acids is 1. The van der Waals surface area contributed by atoms with Gasteiger partial charge in [-0.15, -0.1) is 0 Å². The molecule has 25 heavy (non-hydrogen) atoms. The zero-order valence-corrected chi connectivity index (χ0v) is 14.8. The number of rotatable bonds is 4. The molecule has 134 valence electrons. The fourth-order valence-electron chi connectivity index (χ4n) is 3.41. The van der Waals surface area contributed by atoms with Gasteiger partial charge in [0.25, 0.3) is 5.91 Å². The first-order valence-corrected chi connectivity index (χ1v) is 8.59. The Labute approximate surface area is 151 Å². The molecular weight excluding hydrogens is 344 g/mol. The van der Waals surface area contributed by atoms with Gasteiger partial charge in [-0.3, -0.25) is 9.69 Å². The largest absolute Gasteiger partial charge is 0.492 e. The van der Waals surface area contributed by atoms with Crippen molar-refractivity contribution in [3.63, 3.8) is 0 Å². The second-order valence-corrected chi connectivity index (χ2v) is 6.67. The van der Waals surface area contributed by atoms with E-state index in [4.69, 9.17) is 32.1 Å². The molecule has 0 spiro atoms. The number of nitriles is 1. The van der Waals surface area contributed by atoms with Crippen molar-refractivity contribution in [2.45, 2.75) is 25.0 Å². The second kappa shape index (κ2) is 7.48. The number of fused-ring (bicyclic) bond motifs is 1. The molecule has 1 amide bonds. The second-order valence-electron chi connectivity index (χ2n) is 6.26. The van der Waals surface area contributed by atoms with E-state index in [2.05, 4.69) is 11.4 Å². The molecule has 2 heterocycles. The summed E-state index contributed by atoms with van der Waals surface area (Å²) >= 11 is 6.17. The van der Waals surface area contributed by atoms with E-state index in [9.17, 15) is 4.79 Å². The van der Waals surface area contributed by atoms with E-state index in [-0.39, 0.29) is 18.1 Å². The number of nitrogen functional groups attached to an aromatic ring is 1. The van der Waals surface area contributed by atoms with E-state index >= 15 is 0 Å². The SMILES string of the molecule is COC1CN(CC#N)CCC1NC(=O)c1cc(Cl)c(N)c2c1OCC2. The van der Waals surface area contributed by atoms with Crippen LogP contribution in [0, 0.1) is 11.3 Å². The summed E-state index contributed by atoms with van der Waals surface area (Å²) in [6, 6.07) is 3.56. The first-order chi connectivity index (χ1) is 12.0. The van der Waals surface area contributed by atoms with Crippen LogP contribution in [0.4, 0.5) is 5.69 Å². The average Bonchev–Trinajstić information content (AvgIpc) is 3.09. The van der Waals surface area contributed by atoms with Crippen LogP contribution in [0.25, 0.3) is 0 Å². The minimum atomic E-state index is -0.249. The van der Waals surface area contributed by atoms with Crippen molar-refractivity contribution in [2.75, 3.05) is 39.1 Å². The van der Waals surface area contributed by atoms with Gasteiger partial charge in [-0.1, -0.05) is 11.6 Å². The van der Waals surface area contributed by atoms with Gasteiger partial charge in [0.15, 0.2) is 0 Å². The first kappa shape index (κ1) is 17.8. The molecule has 1 aromatic rings. The summed E-state index contributed by atoms with van der Waals surface area (Å²) in [6.45, 7) is 2.18. The highest BCUT2D eigenvalue weighted by Crippen LogP contribution is 2.38. The summed E-state index contributed by atoms with van der Waals surface area (Å²) in [4.78, 5) is 14.8. The number of carbonyl (C=O) groups is 1. The highest BCUT2D eigenvalue weighted by molar-refractivity contribution is 6.33. The van der Waals surface area contributed by atoms with E-state index in [0.717, 1.165) is 12.1 Å². The number of nitrogens with one attached hydrogen (secondary N) is 1. The van der Waals surface area contributed by atoms with E-state index in [0.29, 0.717) is 54.6 Å². The van der Waals surface area contributed by atoms with E-state index < -0.39 is 0 Å². The summed E-state index contributed by atoms with van der Waals surface area (Å²) in [7, 11) is 1.61. The number of likely N-dealkylation sites (tertiary alicyclic amines) is 1. The maximum Gasteiger partial charge on any atom is 0.255 e. The Kier molecular flexibility index (Phi) is 5.33. The van der Waals surface area contributed by atoms with Crippen molar-refractivity contribution in [2.24, 2.45) is 0 Å². The van der Waals surface area contributed by atoms with E-state index in [1.54, 1.807) is 13.2 Å². The van der Waals surface area contributed by atoms with E-state index in [1.807, 2.05) is 4.90 Å². The third-order valence-electron chi connectivity index (χ3n) is 4.77.